The van der Waals surface area contributed by atoms with Gasteiger partial charge < -0.3 is 4.90 Å². The molecular formula is C16H20F2N4OS. The van der Waals surface area contributed by atoms with Gasteiger partial charge >= 0.3 is 0 Å². The average Bonchev–Trinajstić information content (AvgIpc) is 2.96. The van der Waals surface area contributed by atoms with E-state index in [9.17, 15) is 13.6 Å². The van der Waals surface area contributed by atoms with Gasteiger partial charge in [-0.05, 0) is 32.9 Å². The third-order valence-electron chi connectivity index (χ3n) is 3.48. The predicted octanol–water partition coefficient (Wildman–Crippen LogP) is 3.32. The van der Waals surface area contributed by atoms with E-state index < -0.39 is 11.7 Å². The minimum Gasteiger partial charge on any atom is -0.309 e. The monoisotopic (exact) mass is 354 g/mol. The van der Waals surface area contributed by atoms with Crippen molar-refractivity contribution in [1.82, 2.24) is 14.8 Å². The molecule has 24 heavy (non-hydrogen) atoms. The van der Waals surface area contributed by atoms with Crippen molar-refractivity contribution in [2.75, 3.05) is 17.2 Å². The molecular weight excluding hydrogens is 334 g/mol. The van der Waals surface area contributed by atoms with Crippen LogP contribution in [0.2, 0.25) is 0 Å². The van der Waals surface area contributed by atoms with E-state index in [-0.39, 0.29) is 11.7 Å². The van der Waals surface area contributed by atoms with Gasteiger partial charge in [-0.2, -0.15) is 5.10 Å². The van der Waals surface area contributed by atoms with Crippen LogP contribution in [0, 0.1) is 6.92 Å². The molecule has 0 bridgehead atoms. The van der Waals surface area contributed by atoms with Gasteiger partial charge in [-0.15, -0.1) is 11.8 Å². The highest BCUT2D eigenvalue weighted by molar-refractivity contribution is 8.00. The van der Waals surface area contributed by atoms with Crippen LogP contribution in [-0.4, -0.2) is 44.6 Å². The van der Waals surface area contributed by atoms with Gasteiger partial charge in [0, 0.05) is 12.7 Å². The Labute approximate surface area is 144 Å². The number of aryl methyl sites for hydroxylation is 1. The topological polar surface area (TPSA) is 51.0 Å². The zero-order valence-corrected chi connectivity index (χ0v) is 14.6. The van der Waals surface area contributed by atoms with Crippen molar-refractivity contribution in [3.05, 3.63) is 36.4 Å². The normalized spacial score (nSPS) is 12.4. The van der Waals surface area contributed by atoms with Gasteiger partial charge in [-0.25, -0.2) is 13.5 Å². The third kappa shape index (κ3) is 4.31. The molecule has 0 aliphatic rings. The van der Waals surface area contributed by atoms with Crippen LogP contribution in [0.25, 0.3) is 5.69 Å². The van der Waals surface area contributed by atoms with Crippen molar-refractivity contribution < 1.29 is 13.6 Å². The van der Waals surface area contributed by atoms with E-state index in [0.29, 0.717) is 17.9 Å². The summed E-state index contributed by atoms with van der Waals surface area (Å²) in [5.74, 6) is -0.546. The molecule has 0 spiro atoms. The molecule has 130 valence electrons. The standard InChI is InChI=1S/C16H20F2N4OS/c1-4-21(16(23)12(3)24-10-15(17)18)14-9-22(20-11(14)2)13-6-5-7-19-8-13/h5-9,12,15H,4,10H2,1-3H3. The molecule has 2 aromatic heterocycles. The van der Waals surface area contributed by atoms with Crippen LogP contribution in [0.5, 0.6) is 0 Å². The summed E-state index contributed by atoms with van der Waals surface area (Å²) in [5.41, 5.74) is 2.16. The molecule has 0 saturated heterocycles. The highest BCUT2D eigenvalue weighted by Crippen LogP contribution is 2.24. The largest absolute Gasteiger partial charge is 0.309 e. The Kier molecular flexibility index (Phi) is 6.30. The first-order valence-corrected chi connectivity index (χ1v) is 8.66. The molecule has 0 aliphatic heterocycles. The first kappa shape index (κ1) is 18.4. The number of amides is 1. The number of aromatic nitrogens is 3. The molecule has 0 radical (unpaired) electrons. The van der Waals surface area contributed by atoms with E-state index in [1.54, 1.807) is 41.2 Å². The number of alkyl halides is 2. The van der Waals surface area contributed by atoms with E-state index in [1.807, 2.05) is 19.9 Å². The van der Waals surface area contributed by atoms with Crippen molar-refractivity contribution in [2.45, 2.75) is 32.4 Å². The third-order valence-corrected chi connectivity index (χ3v) is 4.62. The van der Waals surface area contributed by atoms with E-state index >= 15 is 0 Å². The van der Waals surface area contributed by atoms with Crippen LogP contribution in [-0.2, 0) is 4.79 Å². The first-order chi connectivity index (χ1) is 11.4. The number of pyridine rings is 1. The molecule has 1 atom stereocenters. The van der Waals surface area contributed by atoms with Crippen LogP contribution < -0.4 is 4.90 Å². The zero-order valence-electron chi connectivity index (χ0n) is 13.8. The van der Waals surface area contributed by atoms with Gasteiger partial charge in [-0.3, -0.25) is 9.78 Å². The highest BCUT2D eigenvalue weighted by Gasteiger charge is 2.25. The van der Waals surface area contributed by atoms with Gasteiger partial charge in [0.15, 0.2) is 0 Å². The summed E-state index contributed by atoms with van der Waals surface area (Å²) in [6.07, 6.45) is 2.69. The fourth-order valence-corrected chi connectivity index (χ4v) is 2.99. The van der Waals surface area contributed by atoms with Crippen LogP contribution in [0.15, 0.2) is 30.7 Å². The number of hydrogen-bond donors (Lipinski definition) is 0. The molecule has 0 fully saturated rings. The van der Waals surface area contributed by atoms with E-state index in [2.05, 4.69) is 10.1 Å². The molecule has 5 nitrogen and oxygen atoms in total. The number of anilines is 1. The average molecular weight is 354 g/mol. The Bertz CT molecular complexity index is 678. The van der Waals surface area contributed by atoms with Crippen molar-refractivity contribution in [3.8, 4) is 5.69 Å². The minimum absolute atomic E-state index is 0.197. The number of halogens is 2. The summed E-state index contributed by atoms with van der Waals surface area (Å²) < 4.78 is 26.4. The first-order valence-electron chi connectivity index (χ1n) is 7.61. The van der Waals surface area contributed by atoms with Crippen molar-refractivity contribution >= 4 is 23.4 Å². The number of thioether (sulfide) groups is 1. The SMILES string of the molecule is CCN(C(=O)C(C)SCC(F)F)c1cn(-c2cccnc2)nc1C. The Morgan fingerprint density at radius 2 is 2.21 bits per heavy atom. The van der Waals surface area contributed by atoms with Crippen LogP contribution in [0.3, 0.4) is 0 Å². The lowest BCUT2D eigenvalue weighted by atomic mass is 10.3. The van der Waals surface area contributed by atoms with Gasteiger partial charge in [0.2, 0.25) is 12.3 Å². The van der Waals surface area contributed by atoms with Gasteiger partial charge in [0.05, 0.1) is 40.5 Å². The molecule has 2 rings (SSSR count). The Morgan fingerprint density at radius 3 is 2.79 bits per heavy atom. The minimum atomic E-state index is -2.42. The van der Waals surface area contributed by atoms with E-state index in [0.717, 1.165) is 17.4 Å². The summed E-state index contributed by atoms with van der Waals surface area (Å²) >= 11 is 0.962. The summed E-state index contributed by atoms with van der Waals surface area (Å²) in [5, 5.41) is 3.88. The summed E-state index contributed by atoms with van der Waals surface area (Å²) in [7, 11) is 0. The summed E-state index contributed by atoms with van der Waals surface area (Å²) in [6.45, 7) is 5.76. The van der Waals surface area contributed by atoms with Crippen molar-refractivity contribution in [3.63, 3.8) is 0 Å². The molecule has 2 heterocycles. The zero-order chi connectivity index (χ0) is 17.7. The lowest BCUT2D eigenvalue weighted by molar-refractivity contribution is -0.117. The van der Waals surface area contributed by atoms with Crippen LogP contribution in [0.1, 0.15) is 19.5 Å². The van der Waals surface area contributed by atoms with Crippen LogP contribution in [0.4, 0.5) is 14.5 Å². The van der Waals surface area contributed by atoms with E-state index in [4.69, 9.17) is 0 Å². The lowest BCUT2D eigenvalue weighted by Crippen LogP contribution is -2.37. The fourth-order valence-electron chi connectivity index (χ4n) is 2.29. The summed E-state index contributed by atoms with van der Waals surface area (Å²) in [6, 6.07) is 3.67. The Morgan fingerprint density at radius 1 is 1.46 bits per heavy atom. The second kappa shape index (κ2) is 8.23. The van der Waals surface area contributed by atoms with Gasteiger partial charge in [0.1, 0.15) is 0 Å². The molecule has 0 N–H and O–H groups in total. The van der Waals surface area contributed by atoms with Crippen LogP contribution >= 0.6 is 11.8 Å². The molecule has 2 aromatic rings. The number of carbonyl (C=O) groups excluding carboxylic acids is 1. The number of nitrogens with zero attached hydrogens (tertiary/aromatic N) is 4. The summed E-state index contributed by atoms with van der Waals surface area (Å²) in [4.78, 5) is 18.2. The fraction of sp³-hybridized carbons (Fsp3) is 0.438. The lowest BCUT2D eigenvalue weighted by Gasteiger charge is -2.23. The quantitative estimate of drug-likeness (QED) is 0.765. The number of rotatable bonds is 7. The molecule has 0 aliphatic carbocycles. The maximum absolute atomic E-state index is 12.6. The molecule has 1 unspecified atom stereocenters. The predicted molar refractivity (Wildman–Crippen MR) is 92.0 cm³/mol. The van der Waals surface area contributed by atoms with Crippen molar-refractivity contribution in [1.29, 1.82) is 0 Å². The maximum atomic E-state index is 12.6. The second-order valence-corrected chi connectivity index (χ2v) is 6.58. The smallest absolute Gasteiger partial charge is 0.247 e. The van der Waals surface area contributed by atoms with E-state index in [1.165, 1.54) is 0 Å². The van der Waals surface area contributed by atoms with Gasteiger partial charge in [0.25, 0.3) is 0 Å². The molecule has 8 heteroatoms. The van der Waals surface area contributed by atoms with Crippen molar-refractivity contribution in [2.24, 2.45) is 0 Å². The molecule has 1 amide bonds. The maximum Gasteiger partial charge on any atom is 0.247 e. The highest BCUT2D eigenvalue weighted by atomic mass is 32.2. The Balaban J connectivity index is 2.21. The second-order valence-electron chi connectivity index (χ2n) is 5.20. The van der Waals surface area contributed by atoms with Gasteiger partial charge in [-0.1, -0.05) is 0 Å². The molecule has 0 aromatic carbocycles. The number of carbonyl (C=O) groups is 1. The number of hydrogen-bond acceptors (Lipinski definition) is 4. The Hall–Kier alpha value is -1.96. The molecule has 0 saturated carbocycles.